The number of nitriles is 3. The van der Waals surface area contributed by atoms with Crippen molar-refractivity contribution in [2.24, 2.45) is 0 Å². The minimum atomic E-state index is -0.428. The second-order valence-electron chi connectivity index (χ2n) is 3.17. The monoisotopic (exact) mass is 226 g/mol. The van der Waals surface area contributed by atoms with Gasteiger partial charge in [-0.3, -0.25) is 0 Å². The fourth-order valence-corrected chi connectivity index (χ4v) is 1.10. The average molecular weight is 226 g/mol. The number of halogens is 1. The molecule has 0 saturated heterocycles. The van der Waals surface area contributed by atoms with Crippen LogP contribution in [0.2, 0.25) is 0 Å². The normalized spacial score (nSPS) is 8.41. The Bertz CT molecular complexity index is 580. The second-order valence-corrected chi connectivity index (χ2v) is 3.17. The molecule has 0 amide bonds. The molecule has 82 valence electrons. The third kappa shape index (κ3) is 2.81. The van der Waals surface area contributed by atoms with Crippen LogP contribution < -0.4 is 5.32 Å². The summed E-state index contributed by atoms with van der Waals surface area (Å²) in [5, 5.41) is 28.5. The van der Waals surface area contributed by atoms with Gasteiger partial charge in [0.2, 0.25) is 0 Å². The highest BCUT2D eigenvalue weighted by Gasteiger charge is 2.07. The minimum Gasteiger partial charge on any atom is -0.345 e. The largest absolute Gasteiger partial charge is 0.345 e. The van der Waals surface area contributed by atoms with Crippen LogP contribution in [-0.4, -0.2) is 0 Å². The van der Waals surface area contributed by atoms with Crippen molar-refractivity contribution in [3.8, 4) is 18.2 Å². The lowest BCUT2D eigenvalue weighted by Crippen LogP contribution is -2.01. The van der Waals surface area contributed by atoms with E-state index in [2.05, 4.69) is 5.32 Å². The molecule has 0 atom stereocenters. The van der Waals surface area contributed by atoms with Crippen molar-refractivity contribution in [3.05, 3.63) is 40.8 Å². The predicted molar refractivity (Wildman–Crippen MR) is 58.6 cm³/mol. The van der Waals surface area contributed by atoms with Gasteiger partial charge in [-0.25, -0.2) is 4.39 Å². The van der Waals surface area contributed by atoms with E-state index in [4.69, 9.17) is 15.8 Å². The molecule has 0 fully saturated rings. The zero-order valence-corrected chi connectivity index (χ0v) is 8.95. The van der Waals surface area contributed by atoms with E-state index >= 15 is 0 Å². The summed E-state index contributed by atoms with van der Waals surface area (Å²) in [5.41, 5.74) is 0.248. The Labute approximate surface area is 97.8 Å². The Hall–Kier alpha value is -2.84. The first-order valence-corrected chi connectivity index (χ1v) is 4.60. The number of hydrogen-bond acceptors (Lipinski definition) is 4. The van der Waals surface area contributed by atoms with Crippen LogP contribution in [0, 0.1) is 46.7 Å². The van der Waals surface area contributed by atoms with E-state index in [9.17, 15) is 4.39 Å². The van der Waals surface area contributed by atoms with Crippen LogP contribution in [0.15, 0.2) is 29.5 Å². The lowest BCUT2D eigenvalue weighted by molar-refractivity contribution is 0.619. The molecule has 1 N–H and O–H groups in total. The van der Waals surface area contributed by atoms with E-state index in [-0.39, 0.29) is 11.3 Å². The highest BCUT2D eigenvalue weighted by Crippen LogP contribution is 2.16. The van der Waals surface area contributed by atoms with Gasteiger partial charge in [0, 0.05) is 5.69 Å². The fourth-order valence-electron chi connectivity index (χ4n) is 1.10. The number of hydrogen-bond donors (Lipinski definition) is 1. The zero-order chi connectivity index (χ0) is 12.8. The molecular formula is C12H7FN4. The van der Waals surface area contributed by atoms with E-state index < -0.39 is 5.82 Å². The summed E-state index contributed by atoms with van der Waals surface area (Å²) < 4.78 is 13.2. The van der Waals surface area contributed by atoms with Crippen molar-refractivity contribution in [2.75, 3.05) is 5.32 Å². The number of aryl methyl sites for hydroxylation is 1. The van der Waals surface area contributed by atoms with Crippen LogP contribution in [-0.2, 0) is 0 Å². The summed E-state index contributed by atoms with van der Waals surface area (Å²) in [6.45, 7) is 1.61. The number of rotatable bonds is 2. The van der Waals surface area contributed by atoms with Crippen molar-refractivity contribution >= 4 is 5.69 Å². The van der Waals surface area contributed by atoms with Crippen molar-refractivity contribution < 1.29 is 4.39 Å². The van der Waals surface area contributed by atoms with Gasteiger partial charge in [-0.1, -0.05) is 6.07 Å². The van der Waals surface area contributed by atoms with Crippen molar-refractivity contribution in [2.45, 2.75) is 6.92 Å². The van der Waals surface area contributed by atoms with Gasteiger partial charge in [0.25, 0.3) is 0 Å². The van der Waals surface area contributed by atoms with Crippen LogP contribution in [0.1, 0.15) is 5.56 Å². The SMILES string of the molecule is Cc1ccc(NC(C#N)=C(C#N)C#N)cc1F. The van der Waals surface area contributed by atoms with Crippen LogP contribution in [0.25, 0.3) is 0 Å². The van der Waals surface area contributed by atoms with Gasteiger partial charge in [-0.15, -0.1) is 0 Å². The maximum Gasteiger partial charge on any atom is 0.163 e. The van der Waals surface area contributed by atoms with Gasteiger partial charge in [-0.2, -0.15) is 15.8 Å². The molecule has 0 unspecified atom stereocenters. The molecule has 0 aliphatic heterocycles. The maximum absolute atomic E-state index is 13.2. The molecule has 0 radical (unpaired) electrons. The van der Waals surface area contributed by atoms with Crippen LogP contribution in [0.4, 0.5) is 10.1 Å². The molecule has 0 aliphatic rings. The molecule has 4 nitrogen and oxygen atoms in total. The number of anilines is 1. The topological polar surface area (TPSA) is 83.4 Å². The van der Waals surface area contributed by atoms with E-state index in [1.165, 1.54) is 12.1 Å². The summed E-state index contributed by atoms with van der Waals surface area (Å²) in [7, 11) is 0. The van der Waals surface area contributed by atoms with Gasteiger partial charge in [0.1, 0.15) is 29.7 Å². The smallest absolute Gasteiger partial charge is 0.163 e. The lowest BCUT2D eigenvalue weighted by atomic mass is 10.2. The summed E-state index contributed by atoms with van der Waals surface area (Å²) >= 11 is 0. The summed E-state index contributed by atoms with van der Waals surface area (Å²) in [5.74, 6) is -0.428. The Kier molecular flexibility index (Phi) is 3.81. The Morgan fingerprint density at radius 2 is 1.82 bits per heavy atom. The Balaban J connectivity index is 3.11. The molecule has 1 aromatic carbocycles. The molecule has 17 heavy (non-hydrogen) atoms. The first-order valence-electron chi connectivity index (χ1n) is 4.60. The van der Waals surface area contributed by atoms with E-state index in [1.807, 2.05) is 0 Å². The molecular weight excluding hydrogens is 219 g/mol. The number of nitrogens with zero attached hydrogens (tertiary/aromatic N) is 3. The van der Waals surface area contributed by atoms with Gasteiger partial charge in [0.05, 0.1) is 0 Å². The maximum atomic E-state index is 13.2. The molecule has 0 bridgehead atoms. The van der Waals surface area contributed by atoms with Gasteiger partial charge >= 0.3 is 0 Å². The third-order valence-corrected chi connectivity index (χ3v) is 2.03. The quantitative estimate of drug-likeness (QED) is 0.784. The molecule has 0 heterocycles. The molecule has 5 heteroatoms. The van der Waals surface area contributed by atoms with E-state index in [1.54, 1.807) is 31.2 Å². The summed E-state index contributed by atoms with van der Waals surface area (Å²) in [4.78, 5) is 0. The lowest BCUT2D eigenvalue weighted by Gasteiger charge is -2.05. The molecule has 0 saturated carbocycles. The fraction of sp³-hybridized carbons (Fsp3) is 0.0833. The Morgan fingerprint density at radius 3 is 2.29 bits per heavy atom. The molecule has 1 aromatic rings. The van der Waals surface area contributed by atoms with Crippen LogP contribution >= 0.6 is 0 Å². The number of allylic oxidation sites excluding steroid dienone is 2. The van der Waals surface area contributed by atoms with Crippen LogP contribution in [0.5, 0.6) is 0 Å². The third-order valence-electron chi connectivity index (χ3n) is 2.03. The van der Waals surface area contributed by atoms with E-state index in [0.29, 0.717) is 11.3 Å². The average Bonchev–Trinajstić information content (AvgIpc) is 2.33. The van der Waals surface area contributed by atoms with Gasteiger partial charge < -0.3 is 5.32 Å². The Morgan fingerprint density at radius 1 is 1.18 bits per heavy atom. The first-order chi connectivity index (χ1) is 8.12. The highest BCUT2D eigenvalue weighted by atomic mass is 19.1. The molecule has 0 spiro atoms. The van der Waals surface area contributed by atoms with E-state index in [0.717, 1.165) is 0 Å². The molecule has 0 aromatic heterocycles. The minimum absolute atomic E-state index is 0.196. The summed E-state index contributed by atoms with van der Waals surface area (Å²) in [6.07, 6.45) is 0. The summed E-state index contributed by atoms with van der Waals surface area (Å²) in [6, 6.07) is 9.15. The number of nitrogens with one attached hydrogen (secondary N) is 1. The van der Waals surface area contributed by atoms with Gasteiger partial charge in [-0.05, 0) is 24.6 Å². The first kappa shape index (κ1) is 12.2. The zero-order valence-electron chi connectivity index (χ0n) is 8.95. The van der Waals surface area contributed by atoms with Crippen molar-refractivity contribution in [3.63, 3.8) is 0 Å². The van der Waals surface area contributed by atoms with Crippen molar-refractivity contribution in [1.82, 2.24) is 0 Å². The van der Waals surface area contributed by atoms with Gasteiger partial charge in [0.15, 0.2) is 5.57 Å². The van der Waals surface area contributed by atoms with Crippen LogP contribution in [0.3, 0.4) is 0 Å². The molecule has 1 rings (SSSR count). The second kappa shape index (κ2) is 5.30. The standard InChI is InChI=1S/C12H7FN4/c1-8-2-3-10(4-11(8)13)17-12(7-16)9(5-14)6-15/h2-4,17H,1H3. The highest BCUT2D eigenvalue weighted by molar-refractivity contribution is 5.58. The van der Waals surface area contributed by atoms with Crippen molar-refractivity contribution in [1.29, 1.82) is 15.8 Å². The number of benzene rings is 1. The predicted octanol–water partition coefficient (Wildman–Crippen LogP) is 2.37. The molecule has 0 aliphatic carbocycles.